The van der Waals surface area contributed by atoms with Crippen LogP contribution in [0.3, 0.4) is 0 Å². The second-order valence-electron chi connectivity index (χ2n) is 5.71. The van der Waals surface area contributed by atoms with Crippen LogP contribution in [0, 0.1) is 13.0 Å². The van der Waals surface area contributed by atoms with Gasteiger partial charge < -0.3 is 9.30 Å². The van der Waals surface area contributed by atoms with Gasteiger partial charge in [-0.05, 0) is 30.7 Å². The molecule has 4 aromatic rings. The van der Waals surface area contributed by atoms with Crippen molar-refractivity contribution in [3.05, 3.63) is 60.4 Å². The van der Waals surface area contributed by atoms with Crippen LogP contribution in [-0.2, 0) is 7.05 Å². The molecule has 2 aromatic heterocycles. The van der Waals surface area contributed by atoms with Crippen molar-refractivity contribution in [1.82, 2.24) is 9.55 Å². The SMILES string of the molecule is COc1cc2c(cc1-c1cc[c]cc1)c1ccnc(C)c1n2C. The number of aromatic nitrogens is 2. The van der Waals surface area contributed by atoms with E-state index in [0.717, 1.165) is 28.1 Å². The van der Waals surface area contributed by atoms with Gasteiger partial charge in [0.1, 0.15) is 5.75 Å². The van der Waals surface area contributed by atoms with E-state index in [1.807, 2.05) is 25.3 Å². The maximum Gasteiger partial charge on any atom is 0.128 e. The van der Waals surface area contributed by atoms with Crippen molar-refractivity contribution >= 4 is 21.8 Å². The number of methoxy groups -OCH3 is 1. The third kappa shape index (κ3) is 2.00. The molecule has 113 valence electrons. The summed E-state index contributed by atoms with van der Waals surface area (Å²) in [5.41, 5.74) is 5.58. The van der Waals surface area contributed by atoms with Crippen molar-refractivity contribution in [3.63, 3.8) is 0 Å². The summed E-state index contributed by atoms with van der Waals surface area (Å²) in [5.74, 6) is 0.875. The Morgan fingerprint density at radius 3 is 2.61 bits per heavy atom. The van der Waals surface area contributed by atoms with Crippen LogP contribution in [0.5, 0.6) is 5.75 Å². The van der Waals surface area contributed by atoms with E-state index in [9.17, 15) is 0 Å². The molecule has 0 atom stereocenters. The van der Waals surface area contributed by atoms with Gasteiger partial charge in [0, 0.05) is 35.6 Å². The number of ether oxygens (including phenoxy) is 1. The molecule has 0 saturated heterocycles. The molecule has 3 heteroatoms. The molecular formula is C20H17N2O. The van der Waals surface area contributed by atoms with Gasteiger partial charge in [0.05, 0.1) is 23.8 Å². The molecule has 0 aliphatic rings. The minimum Gasteiger partial charge on any atom is -0.496 e. The molecule has 0 aliphatic heterocycles. The molecule has 0 aliphatic carbocycles. The van der Waals surface area contributed by atoms with Crippen LogP contribution in [0.25, 0.3) is 32.9 Å². The third-order valence-electron chi connectivity index (χ3n) is 4.44. The van der Waals surface area contributed by atoms with Gasteiger partial charge in [-0.3, -0.25) is 4.98 Å². The van der Waals surface area contributed by atoms with Gasteiger partial charge in [0.25, 0.3) is 0 Å². The maximum atomic E-state index is 5.65. The second kappa shape index (κ2) is 5.13. The first-order valence-electron chi connectivity index (χ1n) is 7.59. The van der Waals surface area contributed by atoms with Crippen molar-refractivity contribution in [1.29, 1.82) is 0 Å². The molecule has 2 aromatic carbocycles. The van der Waals surface area contributed by atoms with Crippen LogP contribution in [0.15, 0.2) is 48.7 Å². The molecule has 3 nitrogen and oxygen atoms in total. The highest BCUT2D eigenvalue weighted by atomic mass is 16.5. The standard InChI is InChI=1S/C20H17N2O/c1-13-20-15(9-10-21-13)17-11-16(14-7-5-4-6-8-14)19(23-3)12-18(17)22(20)2/h5-12H,1-3H3. The van der Waals surface area contributed by atoms with Gasteiger partial charge in [0.2, 0.25) is 0 Å². The summed E-state index contributed by atoms with van der Waals surface area (Å²) < 4.78 is 7.84. The Bertz CT molecular complexity index is 1020. The minimum absolute atomic E-state index is 0.875. The Morgan fingerprint density at radius 1 is 1.09 bits per heavy atom. The molecular weight excluding hydrogens is 284 g/mol. The fourth-order valence-electron chi connectivity index (χ4n) is 3.34. The predicted molar refractivity (Wildman–Crippen MR) is 93.8 cm³/mol. The summed E-state index contributed by atoms with van der Waals surface area (Å²) in [5, 5.41) is 2.44. The number of hydrogen-bond acceptors (Lipinski definition) is 2. The van der Waals surface area contributed by atoms with Gasteiger partial charge in [-0.1, -0.05) is 24.3 Å². The molecule has 1 radical (unpaired) electrons. The monoisotopic (exact) mass is 301 g/mol. The van der Waals surface area contributed by atoms with E-state index in [4.69, 9.17) is 4.74 Å². The molecule has 4 rings (SSSR count). The number of benzene rings is 2. The topological polar surface area (TPSA) is 27.1 Å². The van der Waals surface area contributed by atoms with E-state index in [2.05, 4.69) is 53.0 Å². The van der Waals surface area contributed by atoms with Crippen molar-refractivity contribution in [3.8, 4) is 16.9 Å². The summed E-state index contributed by atoms with van der Waals surface area (Å²) in [4.78, 5) is 4.43. The summed E-state index contributed by atoms with van der Waals surface area (Å²) in [6.07, 6.45) is 1.87. The summed E-state index contributed by atoms with van der Waals surface area (Å²) >= 11 is 0. The van der Waals surface area contributed by atoms with Gasteiger partial charge in [-0.25, -0.2) is 0 Å². The van der Waals surface area contributed by atoms with Crippen LogP contribution < -0.4 is 4.74 Å². The molecule has 0 bridgehead atoms. The predicted octanol–water partition coefficient (Wildman–Crippen LogP) is 4.51. The van der Waals surface area contributed by atoms with Gasteiger partial charge in [-0.15, -0.1) is 0 Å². The molecule has 0 fully saturated rings. The maximum absolute atomic E-state index is 5.65. The van der Waals surface area contributed by atoms with E-state index in [-0.39, 0.29) is 0 Å². The number of hydrogen-bond donors (Lipinski definition) is 0. The van der Waals surface area contributed by atoms with Crippen molar-refractivity contribution < 1.29 is 4.74 Å². The first-order chi connectivity index (χ1) is 11.2. The zero-order chi connectivity index (χ0) is 16.0. The molecule has 0 saturated carbocycles. The minimum atomic E-state index is 0.875. The zero-order valence-electron chi connectivity index (χ0n) is 13.4. The zero-order valence-corrected chi connectivity index (χ0v) is 13.4. The quantitative estimate of drug-likeness (QED) is 0.544. The Hall–Kier alpha value is -2.81. The Kier molecular flexibility index (Phi) is 3.08. The Morgan fingerprint density at radius 2 is 1.87 bits per heavy atom. The normalized spacial score (nSPS) is 11.3. The Labute approximate surface area is 135 Å². The fourth-order valence-corrected chi connectivity index (χ4v) is 3.34. The van der Waals surface area contributed by atoms with E-state index >= 15 is 0 Å². The van der Waals surface area contributed by atoms with Gasteiger partial charge in [-0.2, -0.15) is 0 Å². The lowest BCUT2D eigenvalue weighted by Gasteiger charge is -2.10. The Balaban J connectivity index is 2.14. The number of pyridine rings is 1. The number of nitrogens with zero attached hydrogens (tertiary/aromatic N) is 2. The fraction of sp³-hybridized carbons (Fsp3) is 0.150. The van der Waals surface area contributed by atoms with Gasteiger partial charge >= 0.3 is 0 Å². The summed E-state index contributed by atoms with van der Waals surface area (Å²) in [6.45, 7) is 2.05. The first-order valence-corrected chi connectivity index (χ1v) is 7.59. The summed E-state index contributed by atoms with van der Waals surface area (Å²) in [6, 6.07) is 17.4. The molecule has 0 amide bonds. The lowest BCUT2D eigenvalue weighted by atomic mass is 10.0. The van der Waals surface area contributed by atoms with E-state index < -0.39 is 0 Å². The van der Waals surface area contributed by atoms with E-state index in [0.29, 0.717) is 0 Å². The van der Waals surface area contributed by atoms with Crippen molar-refractivity contribution in [2.24, 2.45) is 7.05 Å². The lowest BCUT2D eigenvalue weighted by molar-refractivity contribution is 0.417. The third-order valence-corrected chi connectivity index (χ3v) is 4.44. The van der Waals surface area contributed by atoms with Gasteiger partial charge in [0.15, 0.2) is 0 Å². The smallest absolute Gasteiger partial charge is 0.128 e. The number of aryl methyl sites for hydroxylation is 2. The van der Waals surface area contributed by atoms with Crippen molar-refractivity contribution in [2.75, 3.05) is 7.11 Å². The highest BCUT2D eigenvalue weighted by molar-refractivity contribution is 6.10. The second-order valence-corrected chi connectivity index (χ2v) is 5.71. The molecule has 0 unspecified atom stereocenters. The first kappa shape index (κ1) is 13.8. The molecule has 23 heavy (non-hydrogen) atoms. The number of fused-ring (bicyclic) bond motifs is 3. The van der Waals surface area contributed by atoms with E-state index in [1.165, 1.54) is 16.3 Å². The molecule has 0 spiro atoms. The molecule has 0 N–H and O–H groups in total. The van der Waals surface area contributed by atoms with Crippen LogP contribution in [0.4, 0.5) is 0 Å². The average molecular weight is 301 g/mol. The van der Waals surface area contributed by atoms with Crippen molar-refractivity contribution in [2.45, 2.75) is 6.92 Å². The highest BCUT2D eigenvalue weighted by Gasteiger charge is 2.15. The van der Waals surface area contributed by atoms with Crippen LogP contribution >= 0.6 is 0 Å². The van der Waals surface area contributed by atoms with Crippen LogP contribution in [0.1, 0.15) is 5.69 Å². The number of rotatable bonds is 2. The lowest BCUT2D eigenvalue weighted by Crippen LogP contribution is -1.92. The highest BCUT2D eigenvalue weighted by Crippen LogP contribution is 2.38. The largest absolute Gasteiger partial charge is 0.496 e. The average Bonchev–Trinajstić information content (AvgIpc) is 2.88. The van der Waals surface area contributed by atoms with Crippen LogP contribution in [-0.4, -0.2) is 16.7 Å². The molecule has 2 heterocycles. The summed E-state index contributed by atoms with van der Waals surface area (Å²) in [7, 11) is 3.80. The van der Waals surface area contributed by atoms with E-state index in [1.54, 1.807) is 7.11 Å². The van der Waals surface area contributed by atoms with Crippen LogP contribution in [0.2, 0.25) is 0 Å².